The summed E-state index contributed by atoms with van der Waals surface area (Å²) in [5.41, 5.74) is 0. The quantitative estimate of drug-likeness (QED) is 0.479. The van der Waals surface area contributed by atoms with E-state index >= 15 is 0 Å². The van der Waals surface area contributed by atoms with E-state index in [0.717, 1.165) is 11.8 Å². The van der Waals surface area contributed by atoms with Crippen molar-refractivity contribution in [2.24, 2.45) is 0 Å². The molecule has 1 N–H and O–H groups in total. The van der Waals surface area contributed by atoms with E-state index in [2.05, 4.69) is 15.9 Å². The summed E-state index contributed by atoms with van der Waals surface area (Å²) in [4.78, 5) is 0. The lowest BCUT2D eigenvalue weighted by Gasteiger charge is -2.01. The minimum Gasteiger partial charge on any atom is -0.394 e. The Balaban J connectivity index is 2.83. The number of hydrogen-bond acceptors (Lipinski definition) is 1. The molecule has 0 amide bonds. The van der Waals surface area contributed by atoms with Crippen LogP contribution in [-0.2, 0) is 0 Å². The molecule has 1 nitrogen and oxygen atoms in total. The molecule has 0 aromatic heterocycles. The van der Waals surface area contributed by atoms with Crippen LogP contribution in [0, 0.1) is 0 Å². The second-order valence-corrected chi connectivity index (χ2v) is 2.16. The predicted molar refractivity (Wildman–Crippen MR) is 35.0 cm³/mol. The Hall–Kier alpha value is 0.505. The van der Waals surface area contributed by atoms with Crippen molar-refractivity contribution in [1.82, 2.24) is 0 Å². The van der Waals surface area contributed by atoms with Crippen molar-refractivity contribution in [1.29, 1.82) is 0 Å². The molecular formula is C4H8BBrO. The average molecular weight is 163 g/mol. The van der Waals surface area contributed by atoms with Crippen LogP contribution in [0.2, 0.25) is 6.32 Å². The number of rotatable bonds is 3. The molecule has 0 saturated heterocycles. The predicted octanol–water partition coefficient (Wildman–Crippen LogP) is 0.719. The number of aliphatic hydroxyl groups is 1. The maximum absolute atomic E-state index is 8.70. The van der Waals surface area contributed by atoms with Crippen LogP contribution in [0.1, 0.15) is 6.42 Å². The van der Waals surface area contributed by atoms with Crippen LogP contribution < -0.4 is 0 Å². The first-order valence-corrected chi connectivity index (χ1v) is 3.37. The van der Waals surface area contributed by atoms with Crippen molar-refractivity contribution in [3.63, 3.8) is 0 Å². The Morgan fingerprint density at radius 2 is 2.29 bits per heavy atom. The highest BCUT2D eigenvalue weighted by molar-refractivity contribution is 9.09. The summed E-state index contributed by atoms with van der Waals surface area (Å²) in [6.45, 7) is 0. The zero-order valence-electron chi connectivity index (χ0n) is 4.10. The van der Waals surface area contributed by atoms with Crippen LogP contribution in [0.15, 0.2) is 0 Å². The van der Waals surface area contributed by atoms with Gasteiger partial charge < -0.3 is 5.11 Å². The molecule has 0 heterocycles. The van der Waals surface area contributed by atoms with Crippen LogP contribution in [0.4, 0.5) is 0 Å². The molecule has 0 fully saturated rings. The number of halogens is 1. The molecule has 0 aliphatic carbocycles. The molecule has 0 aliphatic heterocycles. The fraction of sp³-hybridized carbons (Fsp3) is 1.00. The van der Waals surface area contributed by atoms with Crippen molar-refractivity contribution in [2.75, 3.05) is 5.33 Å². The molecule has 0 spiro atoms. The van der Waals surface area contributed by atoms with Crippen LogP contribution >= 0.6 is 15.9 Å². The third kappa shape index (κ3) is 4.36. The Morgan fingerprint density at radius 1 is 1.71 bits per heavy atom. The van der Waals surface area contributed by atoms with Gasteiger partial charge in [-0.15, -0.1) is 0 Å². The molecular weight excluding hydrogens is 155 g/mol. The van der Waals surface area contributed by atoms with Crippen molar-refractivity contribution < 1.29 is 5.11 Å². The van der Waals surface area contributed by atoms with E-state index in [1.165, 1.54) is 0 Å². The summed E-state index contributed by atoms with van der Waals surface area (Å²) >= 11 is 3.18. The lowest BCUT2D eigenvalue weighted by molar-refractivity contribution is 0.193. The Kier molecular flexibility index (Phi) is 4.99. The van der Waals surface area contributed by atoms with Crippen molar-refractivity contribution >= 4 is 23.8 Å². The number of alkyl halides is 1. The summed E-state index contributed by atoms with van der Waals surface area (Å²) in [6.07, 6.45) is 0.793. The third-order valence-corrected chi connectivity index (χ3v) is 1.17. The van der Waals surface area contributed by atoms with Gasteiger partial charge in [0.05, 0.1) is 7.85 Å². The third-order valence-electron chi connectivity index (χ3n) is 0.714. The van der Waals surface area contributed by atoms with E-state index in [0.29, 0.717) is 6.32 Å². The second-order valence-electron chi connectivity index (χ2n) is 1.37. The maximum atomic E-state index is 8.70. The zero-order valence-corrected chi connectivity index (χ0v) is 5.69. The van der Waals surface area contributed by atoms with Crippen LogP contribution in [0.5, 0.6) is 0 Å². The normalized spacial score (nSPS) is 14.0. The minimum absolute atomic E-state index is 0.320. The van der Waals surface area contributed by atoms with Gasteiger partial charge in [0.1, 0.15) is 0 Å². The smallest absolute Gasteiger partial charge is 0.0687 e. The SMILES string of the molecule is [B]CC(O)CCBr. The summed E-state index contributed by atoms with van der Waals surface area (Å²) in [5, 5.41) is 9.53. The average Bonchev–Trinajstić information content (AvgIpc) is 1.68. The lowest BCUT2D eigenvalue weighted by atomic mass is 9.98. The Labute approximate surface area is 53.6 Å². The zero-order chi connectivity index (χ0) is 5.70. The molecule has 0 saturated carbocycles. The van der Waals surface area contributed by atoms with E-state index in [1.54, 1.807) is 0 Å². The van der Waals surface area contributed by atoms with Gasteiger partial charge in [0, 0.05) is 11.4 Å². The molecule has 0 aromatic rings. The van der Waals surface area contributed by atoms with E-state index < -0.39 is 0 Å². The molecule has 1 unspecified atom stereocenters. The Bertz CT molecular complexity index is 42.7. The highest BCUT2D eigenvalue weighted by atomic mass is 79.9. The molecule has 2 radical (unpaired) electrons. The first-order chi connectivity index (χ1) is 3.31. The van der Waals surface area contributed by atoms with Gasteiger partial charge in [-0.1, -0.05) is 22.3 Å². The van der Waals surface area contributed by atoms with Crippen LogP contribution in [0.3, 0.4) is 0 Å². The summed E-state index contributed by atoms with van der Waals surface area (Å²) in [5.74, 6) is 0. The van der Waals surface area contributed by atoms with Crippen LogP contribution in [0.25, 0.3) is 0 Å². The van der Waals surface area contributed by atoms with Crippen molar-refractivity contribution in [3.8, 4) is 0 Å². The van der Waals surface area contributed by atoms with Gasteiger partial charge in [-0.2, -0.15) is 0 Å². The van der Waals surface area contributed by atoms with E-state index in [-0.39, 0.29) is 6.10 Å². The topological polar surface area (TPSA) is 20.2 Å². The fourth-order valence-corrected chi connectivity index (χ4v) is 0.772. The van der Waals surface area contributed by atoms with Gasteiger partial charge in [0.25, 0.3) is 0 Å². The summed E-state index contributed by atoms with van der Waals surface area (Å²) in [6, 6.07) is 0. The van der Waals surface area contributed by atoms with Crippen molar-refractivity contribution in [3.05, 3.63) is 0 Å². The summed E-state index contributed by atoms with van der Waals surface area (Å²) in [7, 11) is 5.09. The largest absolute Gasteiger partial charge is 0.394 e. The van der Waals surface area contributed by atoms with Crippen LogP contribution in [-0.4, -0.2) is 24.4 Å². The number of hydrogen-bond donors (Lipinski definition) is 1. The molecule has 0 aromatic carbocycles. The highest BCUT2D eigenvalue weighted by Crippen LogP contribution is 1.97. The first kappa shape index (κ1) is 7.50. The maximum Gasteiger partial charge on any atom is 0.0687 e. The molecule has 0 bridgehead atoms. The van der Waals surface area contributed by atoms with E-state index in [1.807, 2.05) is 0 Å². The molecule has 7 heavy (non-hydrogen) atoms. The molecule has 3 heteroatoms. The van der Waals surface area contributed by atoms with Gasteiger partial charge in [0.15, 0.2) is 0 Å². The second kappa shape index (κ2) is 4.66. The molecule has 40 valence electrons. The molecule has 0 aliphatic rings. The van der Waals surface area contributed by atoms with E-state index in [4.69, 9.17) is 13.0 Å². The summed E-state index contributed by atoms with van der Waals surface area (Å²) < 4.78 is 0. The van der Waals surface area contributed by atoms with Gasteiger partial charge in [-0.05, 0) is 6.42 Å². The van der Waals surface area contributed by atoms with E-state index in [9.17, 15) is 0 Å². The van der Waals surface area contributed by atoms with Crippen molar-refractivity contribution in [2.45, 2.75) is 18.8 Å². The fourth-order valence-electron chi connectivity index (χ4n) is 0.244. The van der Waals surface area contributed by atoms with Gasteiger partial charge in [-0.3, -0.25) is 0 Å². The standard InChI is InChI=1S/C4H8BBrO/c5-3-4(7)1-2-6/h4,7H,1-3H2. The Morgan fingerprint density at radius 3 is 2.43 bits per heavy atom. The molecule has 0 rings (SSSR count). The van der Waals surface area contributed by atoms with Gasteiger partial charge >= 0.3 is 0 Å². The highest BCUT2D eigenvalue weighted by Gasteiger charge is 1.95. The molecule has 1 atom stereocenters. The first-order valence-electron chi connectivity index (χ1n) is 2.25. The lowest BCUT2D eigenvalue weighted by Crippen LogP contribution is -2.04. The number of aliphatic hydroxyl groups excluding tert-OH is 1. The van der Waals surface area contributed by atoms with Gasteiger partial charge in [-0.25, -0.2) is 0 Å². The minimum atomic E-state index is -0.320. The van der Waals surface area contributed by atoms with Gasteiger partial charge in [0.2, 0.25) is 0 Å². The monoisotopic (exact) mass is 162 g/mol.